The number of halogens is 1. The zero-order valence-electron chi connectivity index (χ0n) is 10.4. The molecule has 1 fully saturated rings. The lowest BCUT2D eigenvalue weighted by molar-refractivity contribution is 0.170. The summed E-state index contributed by atoms with van der Waals surface area (Å²) in [5.74, 6) is 0.783. The smallest absolute Gasteiger partial charge is 0.164 e. The van der Waals surface area contributed by atoms with Crippen LogP contribution in [-0.2, 0) is 0 Å². The van der Waals surface area contributed by atoms with Gasteiger partial charge in [-0.25, -0.2) is 0 Å². The van der Waals surface area contributed by atoms with Gasteiger partial charge in [0.05, 0.1) is 10.7 Å². The summed E-state index contributed by atoms with van der Waals surface area (Å²) in [4.78, 5) is 2.49. The van der Waals surface area contributed by atoms with E-state index in [1.54, 1.807) is 0 Å². The molecule has 17 heavy (non-hydrogen) atoms. The molecule has 0 amide bonds. The summed E-state index contributed by atoms with van der Waals surface area (Å²) in [6, 6.07) is 2.48. The molecular weight excluding hydrogens is 236 g/mol. The summed E-state index contributed by atoms with van der Waals surface area (Å²) in [5.41, 5.74) is 6.55. The van der Waals surface area contributed by atoms with Crippen molar-refractivity contribution in [2.45, 2.75) is 38.6 Å². The molecule has 94 valence electrons. The Morgan fingerprint density at radius 2 is 2.00 bits per heavy atom. The maximum atomic E-state index is 5.97. The van der Waals surface area contributed by atoms with Crippen LogP contribution in [0.4, 0.5) is 5.82 Å². The summed E-state index contributed by atoms with van der Waals surface area (Å²) in [6.45, 7) is 6.71. The van der Waals surface area contributed by atoms with Gasteiger partial charge in [0, 0.05) is 12.0 Å². The van der Waals surface area contributed by atoms with Crippen molar-refractivity contribution < 1.29 is 0 Å². The number of nitrogens with two attached hydrogens (primary N) is 1. The van der Waals surface area contributed by atoms with Gasteiger partial charge in [0.2, 0.25) is 0 Å². The van der Waals surface area contributed by atoms with E-state index >= 15 is 0 Å². The minimum atomic E-state index is 0.315. The Morgan fingerprint density at radius 3 is 2.53 bits per heavy atom. The number of nitrogens with zero attached hydrogens (tertiary/aromatic N) is 3. The standard InChI is InChI=1S/C12H19ClN4/c1-8(2)17-5-3-9(4-6-17)11-7-10(13)12(14)16-15-11/h7-9H,3-6H2,1-2H3,(H2,14,16). The van der Waals surface area contributed by atoms with Crippen molar-refractivity contribution in [2.24, 2.45) is 0 Å². The van der Waals surface area contributed by atoms with E-state index in [0.29, 0.717) is 22.8 Å². The molecule has 1 saturated heterocycles. The van der Waals surface area contributed by atoms with Crippen LogP contribution in [0.1, 0.15) is 38.3 Å². The van der Waals surface area contributed by atoms with Gasteiger partial charge in [-0.3, -0.25) is 0 Å². The Labute approximate surface area is 107 Å². The van der Waals surface area contributed by atoms with E-state index < -0.39 is 0 Å². The molecule has 1 aliphatic rings. The summed E-state index contributed by atoms with van der Waals surface area (Å²) in [6.07, 6.45) is 2.24. The highest BCUT2D eigenvalue weighted by Gasteiger charge is 2.23. The van der Waals surface area contributed by atoms with Crippen molar-refractivity contribution in [2.75, 3.05) is 18.8 Å². The number of aromatic nitrogens is 2. The van der Waals surface area contributed by atoms with Crippen LogP contribution in [0.2, 0.25) is 5.02 Å². The van der Waals surface area contributed by atoms with Gasteiger partial charge in [-0.15, -0.1) is 5.10 Å². The molecule has 1 aliphatic heterocycles. The highest BCUT2D eigenvalue weighted by Crippen LogP contribution is 2.29. The maximum Gasteiger partial charge on any atom is 0.164 e. The van der Waals surface area contributed by atoms with Crippen molar-refractivity contribution in [1.82, 2.24) is 15.1 Å². The van der Waals surface area contributed by atoms with E-state index in [4.69, 9.17) is 17.3 Å². The second-order valence-corrected chi connectivity index (χ2v) is 5.31. The first-order valence-corrected chi connectivity index (χ1v) is 6.48. The molecule has 1 aromatic heterocycles. The van der Waals surface area contributed by atoms with Crippen LogP contribution >= 0.6 is 11.6 Å². The number of hydrogen-bond donors (Lipinski definition) is 1. The first kappa shape index (κ1) is 12.6. The van der Waals surface area contributed by atoms with E-state index in [2.05, 4.69) is 28.9 Å². The highest BCUT2D eigenvalue weighted by molar-refractivity contribution is 6.32. The number of anilines is 1. The van der Waals surface area contributed by atoms with Crippen molar-refractivity contribution in [3.63, 3.8) is 0 Å². The lowest BCUT2D eigenvalue weighted by Crippen LogP contribution is -2.38. The summed E-state index contributed by atoms with van der Waals surface area (Å²) in [5, 5.41) is 8.56. The van der Waals surface area contributed by atoms with Gasteiger partial charge in [-0.05, 0) is 45.8 Å². The molecule has 2 heterocycles. The van der Waals surface area contributed by atoms with Gasteiger partial charge in [-0.2, -0.15) is 5.10 Å². The van der Waals surface area contributed by atoms with Gasteiger partial charge in [0.25, 0.3) is 0 Å². The predicted octanol–water partition coefficient (Wildman–Crippen LogP) is 2.30. The fourth-order valence-corrected chi connectivity index (χ4v) is 2.45. The molecule has 1 aromatic rings. The lowest BCUT2D eigenvalue weighted by atomic mass is 9.93. The fraction of sp³-hybridized carbons (Fsp3) is 0.667. The Kier molecular flexibility index (Phi) is 3.84. The maximum absolute atomic E-state index is 5.97. The number of nitrogen functional groups attached to an aromatic ring is 1. The SMILES string of the molecule is CC(C)N1CCC(c2cc(Cl)c(N)nn2)CC1. The van der Waals surface area contributed by atoms with Gasteiger partial charge in [0.15, 0.2) is 5.82 Å². The number of hydrogen-bond acceptors (Lipinski definition) is 4. The van der Waals surface area contributed by atoms with E-state index in [1.165, 1.54) is 0 Å². The molecule has 0 bridgehead atoms. The Morgan fingerprint density at radius 1 is 1.35 bits per heavy atom. The Balaban J connectivity index is 2.03. The van der Waals surface area contributed by atoms with E-state index in [1.807, 2.05) is 6.07 Å². The molecule has 0 unspecified atom stereocenters. The van der Waals surface area contributed by atoms with Crippen LogP contribution in [0.15, 0.2) is 6.07 Å². The second-order valence-electron chi connectivity index (χ2n) is 4.91. The summed E-state index contributed by atoms with van der Waals surface area (Å²) < 4.78 is 0. The molecule has 0 radical (unpaired) electrons. The fourth-order valence-electron chi connectivity index (χ4n) is 2.30. The molecule has 5 heteroatoms. The van der Waals surface area contributed by atoms with Crippen LogP contribution in [-0.4, -0.2) is 34.2 Å². The Hall–Kier alpha value is -0.870. The van der Waals surface area contributed by atoms with Gasteiger partial charge in [-0.1, -0.05) is 11.6 Å². The number of piperidine rings is 1. The normalized spacial score (nSPS) is 18.8. The minimum Gasteiger partial charge on any atom is -0.381 e. The van der Waals surface area contributed by atoms with E-state index in [0.717, 1.165) is 31.6 Å². The van der Waals surface area contributed by atoms with Crippen LogP contribution in [0, 0.1) is 0 Å². The predicted molar refractivity (Wildman–Crippen MR) is 70.1 cm³/mol. The zero-order valence-corrected chi connectivity index (χ0v) is 11.1. The van der Waals surface area contributed by atoms with Crippen LogP contribution in [0.3, 0.4) is 0 Å². The third-order valence-electron chi connectivity index (χ3n) is 3.47. The molecule has 0 spiro atoms. The van der Waals surface area contributed by atoms with Crippen LogP contribution in [0.5, 0.6) is 0 Å². The molecule has 0 aromatic carbocycles. The van der Waals surface area contributed by atoms with Gasteiger partial charge in [0.1, 0.15) is 0 Å². The van der Waals surface area contributed by atoms with Crippen molar-refractivity contribution in [1.29, 1.82) is 0 Å². The summed E-state index contributed by atoms with van der Waals surface area (Å²) in [7, 11) is 0. The van der Waals surface area contributed by atoms with Crippen LogP contribution < -0.4 is 5.73 Å². The average molecular weight is 255 g/mol. The van der Waals surface area contributed by atoms with E-state index in [9.17, 15) is 0 Å². The van der Waals surface area contributed by atoms with E-state index in [-0.39, 0.29) is 0 Å². The lowest BCUT2D eigenvalue weighted by Gasteiger charge is -2.34. The van der Waals surface area contributed by atoms with Crippen LogP contribution in [0.25, 0.3) is 0 Å². The first-order chi connectivity index (χ1) is 8.08. The number of likely N-dealkylation sites (tertiary alicyclic amines) is 1. The molecule has 2 N–H and O–H groups in total. The molecule has 0 aliphatic carbocycles. The summed E-state index contributed by atoms with van der Waals surface area (Å²) >= 11 is 5.97. The third-order valence-corrected chi connectivity index (χ3v) is 3.77. The van der Waals surface area contributed by atoms with Gasteiger partial charge < -0.3 is 10.6 Å². The minimum absolute atomic E-state index is 0.315. The zero-order chi connectivity index (χ0) is 12.4. The monoisotopic (exact) mass is 254 g/mol. The largest absolute Gasteiger partial charge is 0.381 e. The van der Waals surface area contributed by atoms with Crippen molar-refractivity contribution in [3.8, 4) is 0 Å². The van der Waals surface area contributed by atoms with Gasteiger partial charge >= 0.3 is 0 Å². The molecular formula is C12H19ClN4. The second kappa shape index (κ2) is 5.19. The van der Waals surface area contributed by atoms with Crippen molar-refractivity contribution >= 4 is 17.4 Å². The average Bonchev–Trinajstić information content (AvgIpc) is 2.33. The third kappa shape index (κ3) is 2.87. The molecule has 0 atom stereocenters. The quantitative estimate of drug-likeness (QED) is 0.880. The molecule has 0 saturated carbocycles. The first-order valence-electron chi connectivity index (χ1n) is 6.10. The highest BCUT2D eigenvalue weighted by atomic mass is 35.5. The molecule has 2 rings (SSSR count). The number of rotatable bonds is 2. The topological polar surface area (TPSA) is 55.0 Å². The Bertz CT molecular complexity index is 386. The molecule has 4 nitrogen and oxygen atoms in total. The van der Waals surface area contributed by atoms with Crippen molar-refractivity contribution in [3.05, 3.63) is 16.8 Å².